The molecular weight excluding hydrogens is 380 g/mol. The van der Waals surface area contributed by atoms with Gasteiger partial charge in [0.15, 0.2) is 10.5 Å². The second kappa shape index (κ2) is 6.61. The highest BCUT2D eigenvalue weighted by Crippen LogP contribution is 2.34. The van der Waals surface area contributed by atoms with E-state index in [1.165, 1.54) is 11.8 Å². The molecule has 0 fully saturated rings. The van der Waals surface area contributed by atoms with Crippen LogP contribution in [-0.2, 0) is 22.8 Å². The number of thioether (sulfide) groups is 1. The van der Waals surface area contributed by atoms with Crippen molar-refractivity contribution in [3.05, 3.63) is 46.8 Å². The second-order valence-electron chi connectivity index (χ2n) is 7.00. The number of aromatic nitrogens is 3. The number of likely N-dealkylation sites (N-methyl/N-ethyl adjacent to an activating group) is 1. The largest absolute Gasteiger partial charge is 0.302 e. The van der Waals surface area contributed by atoms with Gasteiger partial charge >= 0.3 is 0 Å². The van der Waals surface area contributed by atoms with Gasteiger partial charge in [-0.15, -0.1) is 11.8 Å². The zero-order valence-corrected chi connectivity index (χ0v) is 17.5. The first-order valence-electron chi connectivity index (χ1n) is 8.78. The highest BCUT2D eigenvalue weighted by molar-refractivity contribution is 7.99. The molecule has 1 aliphatic rings. The molecule has 0 aliphatic carbocycles. The van der Waals surface area contributed by atoms with Crippen molar-refractivity contribution < 1.29 is 8.42 Å². The van der Waals surface area contributed by atoms with Crippen molar-refractivity contribution >= 4 is 27.2 Å². The van der Waals surface area contributed by atoms with Crippen LogP contribution in [0.4, 0.5) is 0 Å². The molecular formula is C19H22N4O2S2. The predicted octanol–water partition coefficient (Wildman–Crippen LogP) is 2.89. The lowest BCUT2D eigenvalue weighted by Crippen LogP contribution is -2.29. The van der Waals surface area contributed by atoms with Gasteiger partial charge in [0.05, 0.1) is 10.6 Å². The van der Waals surface area contributed by atoms with Gasteiger partial charge in [-0.05, 0) is 44.8 Å². The number of nitrogens with zero attached hydrogens (tertiary/aromatic N) is 4. The van der Waals surface area contributed by atoms with Crippen LogP contribution >= 0.6 is 11.8 Å². The topological polar surface area (TPSA) is 67.6 Å². The van der Waals surface area contributed by atoms with Crippen LogP contribution in [0.2, 0.25) is 0 Å². The molecule has 27 heavy (non-hydrogen) atoms. The van der Waals surface area contributed by atoms with E-state index < -0.39 is 9.84 Å². The lowest BCUT2D eigenvalue weighted by atomic mass is 10.0. The van der Waals surface area contributed by atoms with Crippen molar-refractivity contribution in [3.8, 4) is 0 Å². The first-order valence-corrected chi connectivity index (χ1v) is 11.5. The maximum absolute atomic E-state index is 13.5. The van der Waals surface area contributed by atoms with E-state index in [0.717, 1.165) is 42.0 Å². The Morgan fingerprint density at radius 2 is 2.00 bits per heavy atom. The molecule has 1 aliphatic heterocycles. The number of fused-ring (bicyclic) bond motifs is 3. The minimum absolute atomic E-state index is 0.213. The Morgan fingerprint density at radius 3 is 2.70 bits per heavy atom. The van der Waals surface area contributed by atoms with Crippen LogP contribution in [0.3, 0.4) is 0 Å². The summed E-state index contributed by atoms with van der Waals surface area (Å²) in [5.41, 5.74) is 4.42. The average Bonchev–Trinajstić information content (AvgIpc) is 3.01. The van der Waals surface area contributed by atoms with Gasteiger partial charge in [-0.1, -0.05) is 12.1 Å². The summed E-state index contributed by atoms with van der Waals surface area (Å²) < 4.78 is 28.7. The van der Waals surface area contributed by atoms with Crippen LogP contribution in [0.5, 0.6) is 0 Å². The van der Waals surface area contributed by atoms with Crippen LogP contribution < -0.4 is 0 Å². The molecule has 0 saturated carbocycles. The molecule has 3 heterocycles. The Hall–Kier alpha value is -1.90. The summed E-state index contributed by atoms with van der Waals surface area (Å²) in [6.07, 6.45) is 2.68. The van der Waals surface area contributed by atoms with Crippen LogP contribution in [-0.4, -0.2) is 47.8 Å². The Bertz CT molecular complexity index is 1150. The molecule has 3 aromatic rings. The van der Waals surface area contributed by atoms with Gasteiger partial charge < -0.3 is 4.90 Å². The van der Waals surface area contributed by atoms with E-state index in [4.69, 9.17) is 0 Å². The molecule has 4 rings (SSSR count). The predicted molar refractivity (Wildman–Crippen MR) is 106 cm³/mol. The van der Waals surface area contributed by atoms with Crippen molar-refractivity contribution in [3.63, 3.8) is 0 Å². The van der Waals surface area contributed by atoms with Crippen molar-refractivity contribution in [2.45, 2.75) is 41.6 Å². The SMILES string of the molecule is CSc1nn2c3c(c(C)nc2c1S(=O)(=O)c1cccc(C)c1)CN(C)CC3. The van der Waals surface area contributed by atoms with Gasteiger partial charge in [0.1, 0.15) is 5.03 Å². The van der Waals surface area contributed by atoms with E-state index in [0.29, 0.717) is 10.7 Å². The van der Waals surface area contributed by atoms with Gasteiger partial charge in [0, 0.05) is 30.8 Å². The Balaban J connectivity index is 2.03. The third kappa shape index (κ3) is 2.96. The Kier molecular flexibility index (Phi) is 4.52. The quantitative estimate of drug-likeness (QED) is 0.628. The summed E-state index contributed by atoms with van der Waals surface area (Å²) in [4.78, 5) is 7.43. The van der Waals surface area contributed by atoms with Crippen molar-refractivity contribution in [1.82, 2.24) is 19.5 Å². The molecule has 0 unspecified atom stereocenters. The maximum atomic E-state index is 13.5. The monoisotopic (exact) mass is 402 g/mol. The third-order valence-corrected chi connectivity index (χ3v) is 7.61. The highest BCUT2D eigenvalue weighted by Gasteiger charge is 2.31. The van der Waals surface area contributed by atoms with E-state index in [9.17, 15) is 8.42 Å². The zero-order chi connectivity index (χ0) is 19.3. The summed E-state index contributed by atoms with van der Waals surface area (Å²) in [6.45, 7) is 5.56. The molecule has 0 bridgehead atoms. The fourth-order valence-electron chi connectivity index (χ4n) is 3.60. The number of hydrogen-bond acceptors (Lipinski definition) is 6. The lowest BCUT2D eigenvalue weighted by Gasteiger charge is -2.26. The molecule has 1 aromatic carbocycles. The first kappa shape index (κ1) is 18.5. The summed E-state index contributed by atoms with van der Waals surface area (Å²) in [5, 5.41) is 5.14. The second-order valence-corrected chi connectivity index (χ2v) is 9.69. The molecule has 2 aromatic heterocycles. The molecule has 0 amide bonds. The van der Waals surface area contributed by atoms with E-state index in [2.05, 4.69) is 22.0 Å². The molecule has 142 valence electrons. The van der Waals surface area contributed by atoms with Crippen molar-refractivity contribution in [1.29, 1.82) is 0 Å². The molecule has 0 atom stereocenters. The van der Waals surface area contributed by atoms with Gasteiger partial charge in [0.25, 0.3) is 0 Å². The summed E-state index contributed by atoms with van der Waals surface area (Å²) in [6, 6.07) is 6.99. The number of aryl methyl sites for hydroxylation is 2. The Labute approximate surface area is 163 Å². The first-order chi connectivity index (χ1) is 12.8. The van der Waals surface area contributed by atoms with Gasteiger partial charge in [0.2, 0.25) is 9.84 Å². The van der Waals surface area contributed by atoms with Gasteiger partial charge in [-0.2, -0.15) is 5.10 Å². The van der Waals surface area contributed by atoms with Crippen molar-refractivity contribution in [2.75, 3.05) is 19.8 Å². The molecule has 8 heteroatoms. The minimum Gasteiger partial charge on any atom is -0.302 e. The molecule has 0 N–H and O–H groups in total. The van der Waals surface area contributed by atoms with Crippen molar-refractivity contribution in [2.24, 2.45) is 0 Å². The van der Waals surface area contributed by atoms with Crippen LogP contribution in [0, 0.1) is 13.8 Å². The third-order valence-electron chi connectivity index (χ3n) is 5.02. The van der Waals surface area contributed by atoms with Crippen LogP contribution in [0.1, 0.15) is 22.5 Å². The number of benzene rings is 1. The Morgan fingerprint density at radius 1 is 1.22 bits per heavy atom. The summed E-state index contributed by atoms with van der Waals surface area (Å²) in [7, 11) is -1.64. The van der Waals surface area contributed by atoms with E-state index in [-0.39, 0.29) is 9.79 Å². The van der Waals surface area contributed by atoms with E-state index >= 15 is 0 Å². The molecule has 6 nitrogen and oxygen atoms in total. The summed E-state index contributed by atoms with van der Waals surface area (Å²) in [5.74, 6) is 0. The maximum Gasteiger partial charge on any atom is 0.213 e. The number of hydrogen-bond donors (Lipinski definition) is 0. The fraction of sp³-hybridized carbons (Fsp3) is 0.368. The van der Waals surface area contributed by atoms with Crippen LogP contribution in [0.15, 0.2) is 39.1 Å². The highest BCUT2D eigenvalue weighted by atomic mass is 32.2. The van der Waals surface area contributed by atoms with E-state index in [1.54, 1.807) is 22.7 Å². The number of sulfone groups is 1. The molecule has 0 spiro atoms. The minimum atomic E-state index is -3.72. The average molecular weight is 403 g/mol. The fourth-order valence-corrected chi connectivity index (χ4v) is 6.10. The standard InChI is InChI=1S/C19H22N4O2S2/c1-12-6-5-7-14(10-12)27(24,25)17-18-20-13(2)15-11-22(3)9-8-16(15)23(18)21-19(17)26-4/h5-7,10H,8-9,11H2,1-4H3. The normalized spacial score (nSPS) is 15.3. The van der Waals surface area contributed by atoms with E-state index in [1.807, 2.05) is 26.2 Å². The number of rotatable bonds is 3. The molecule has 0 saturated heterocycles. The van der Waals surface area contributed by atoms with Gasteiger partial charge in [-0.25, -0.2) is 17.9 Å². The molecule has 0 radical (unpaired) electrons. The summed E-state index contributed by atoms with van der Waals surface area (Å²) >= 11 is 1.34. The lowest BCUT2D eigenvalue weighted by molar-refractivity contribution is 0.306. The zero-order valence-electron chi connectivity index (χ0n) is 15.9. The van der Waals surface area contributed by atoms with Gasteiger partial charge in [-0.3, -0.25) is 0 Å². The smallest absolute Gasteiger partial charge is 0.213 e. The van der Waals surface area contributed by atoms with Crippen LogP contribution in [0.25, 0.3) is 5.65 Å².